The van der Waals surface area contributed by atoms with Gasteiger partial charge in [-0.2, -0.15) is 0 Å². The summed E-state index contributed by atoms with van der Waals surface area (Å²) in [7, 11) is 0. The van der Waals surface area contributed by atoms with Crippen molar-refractivity contribution in [2.75, 3.05) is 5.43 Å². The highest BCUT2D eigenvalue weighted by molar-refractivity contribution is 6.06. The third-order valence-corrected chi connectivity index (χ3v) is 4.98. The number of hydrogen-bond donors (Lipinski definition) is 2. The molecule has 0 saturated heterocycles. The minimum absolute atomic E-state index is 0.251. The van der Waals surface area contributed by atoms with Crippen LogP contribution < -0.4 is 16.5 Å². The molecule has 0 atom stereocenters. The molecule has 0 saturated carbocycles. The van der Waals surface area contributed by atoms with E-state index in [1.165, 1.54) is 4.57 Å². The number of nitrogens with one attached hydrogen (secondary N) is 1. The van der Waals surface area contributed by atoms with E-state index in [-0.39, 0.29) is 5.82 Å². The van der Waals surface area contributed by atoms with Crippen LogP contribution in [0.2, 0.25) is 0 Å². The van der Waals surface area contributed by atoms with E-state index in [0.717, 1.165) is 4.68 Å². The molecule has 152 valence electrons. The van der Waals surface area contributed by atoms with E-state index in [1.54, 1.807) is 55.5 Å². The van der Waals surface area contributed by atoms with E-state index in [0.29, 0.717) is 34.8 Å². The fourth-order valence-electron chi connectivity index (χ4n) is 3.57. The van der Waals surface area contributed by atoms with Crippen molar-refractivity contribution in [3.8, 4) is 5.75 Å². The largest absolute Gasteiger partial charge is 0.506 e. The molecule has 0 unspecified atom stereocenters. The topological polar surface area (TPSA) is 106 Å². The zero-order valence-corrected chi connectivity index (χ0v) is 16.5. The summed E-state index contributed by atoms with van der Waals surface area (Å²) in [5, 5.41) is 11.4. The highest BCUT2D eigenvalue weighted by Gasteiger charge is 2.23. The molecule has 8 nitrogen and oxygen atoms in total. The summed E-state index contributed by atoms with van der Waals surface area (Å²) in [5.74, 6) is -1.04. The SMILES string of the molecule is CCCn1c(=O)c(C(=O)Nn2c(C)nc3ccccc3c2=O)c(O)c2ccccc21. The Morgan fingerprint density at radius 3 is 2.43 bits per heavy atom. The predicted molar refractivity (Wildman–Crippen MR) is 115 cm³/mol. The second kappa shape index (κ2) is 7.47. The van der Waals surface area contributed by atoms with Gasteiger partial charge < -0.3 is 9.67 Å². The van der Waals surface area contributed by atoms with Gasteiger partial charge >= 0.3 is 0 Å². The van der Waals surface area contributed by atoms with Crippen LogP contribution in [0.1, 0.15) is 29.5 Å². The minimum Gasteiger partial charge on any atom is -0.506 e. The van der Waals surface area contributed by atoms with Crippen molar-refractivity contribution in [2.24, 2.45) is 0 Å². The van der Waals surface area contributed by atoms with Gasteiger partial charge in [0.15, 0.2) is 0 Å². The van der Waals surface area contributed by atoms with Crippen LogP contribution in [0.25, 0.3) is 21.8 Å². The molecule has 0 fully saturated rings. The average Bonchev–Trinajstić information content (AvgIpc) is 2.74. The zero-order chi connectivity index (χ0) is 21.4. The first-order valence-corrected chi connectivity index (χ1v) is 9.58. The molecule has 0 aliphatic rings. The number of benzene rings is 2. The normalized spacial score (nSPS) is 11.1. The van der Waals surface area contributed by atoms with Crippen LogP contribution in [-0.2, 0) is 6.54 Å². The molecule has 30 heavy (non-hydrogen) atoms. The summed E-state index contributed by atoms with van der Waals surface area (Å²) in [6.45, 7) is 3.87. The van der Waals surface area contributed by atoms with Crippen molar-refractivity contribution >= 4 is 27.7 Å². The van der Waals surface area contributed by atoms with Gasteiger partial charge in [0, 0.05) is 11.9 Å². The van der Waals surface area contributed by atoms with Crippen LogP contribution >= 0.6 is 0 Å². The summed E-state index contributed by atoms with van der Waals surface area (Å²) < 4.78 is 2.45. The number of carbonyl (C=O) groups excluding carboxylic acids is 1. The van der Waals surface area contributed by atoms with Gasteiger partial charge in [-0.05, 0) is 37.6 Å². The molecule has 0 aliphatic carbocycles. The van der Waals surface area contributed by atoms with E-state index in [2.05, 4.69) is 10.4 Å². The maximum atomic E-state index is 13.0. The average molecular weight is 404 g/mol. The maximum Gasteiger partial charge on any atom is 0.280 e. The third-order valence-electron chi connectivity index (χ3n) is 4.98. The number of nitrogens with zero attached hydrogens (tertiary/aromatic N) is 3. The fraction of sp³-hybridized carbons (Fsp3) is 0.182. The standard InChI is InChI=1S/C22H20N4O4/c1-3-12-25-17-11-7-5-9-15(17)19(27)18(22(25)30)20(28)24-26-13(2)23-16-10-6-4-8-14(16)21(26)29/h4-11,27H,3,12H2,1-2H3,(H,24,28). The van der Waals surface area contributed by atoms with Crippen molar-refractivity contribution < 1.29 is 9.90 Å². The lowest BCUT2D eigenvalue weighted by Gasteiger charge is -2.16. The highest BCUT2D eigenvalue weighted by Crippen LogP contribution is 2.26. The van der Waals surface area contributed by atoms with Crippen LogP contribution in [0, 0.1) is 6.92 Å². The second-order valence-corrected chi connectivity index (χ2v) is 6.96. The molecule has 4 rings (SSSR count). The molecule has 1 amide bonds. The van der Waals surface area contributed by atoms with Crippen LogP contribution in [0.5, 0.6) is 5.75 Å². The summed E-state index contributed by atoms with van der Waals surface area (Å²) in [6.07, 6.45) is 0.670. The van der Waals surface area contributed by atoms with Crippen LogP contribution in [0.4, 0.5) is 0 Å². The first-order chi connectivity index (χ1) is 14.4. The van der Waals surface area contributed by atoms with Gasteiger partial charge in [0.25, 0.3) is 17.0 Å². The lowest BCUT2D eigenvalue weighted by atomic mass is 10.1. The second-order valence-electron chi connectivity index (χ2n) is 6.96. The van der Waals surface area contributed by atoms with Crippen molar-refractivity contribution in [3.63, 3.8) is 0 Å². The minimum atomic E-state index is -0.879. The first kappa shape index (κ1) is 19.4. The van der Waals surface area contributed by atoms with Crippen LogP contribution in [-0.4, -0.2) is 25.2 Å². The molecule has 0 radical (unpaired) electrons. The Morgan fingerprint density at radius 2 is 1.70 bits per heavy atom. The number of hydrogen-bond acceptors (Lipinski definition) is 5. The summed E-state index contributed by atoms with van der Waals surface area (Å²) in [6, 6.07) is 13.6. The number of aryl methyl sites for hydroxylation is 2. The van der Waals surface area contributed by atoms with E-state index < -0.39 is 28.3 Å². The Bertz CT molecular complexity index is 1420. The third kappa shape index (κ3) is 3.02. The van der Waals surface area contributed by atoms with Gasteiger partial charge in [0.2, 0.25) is 0 Å². The lowest BCUT2D eigenvalue weighted by Crippen LogP contribution is -2.38. The van der Waals surface area contributed by atoms with E-state index in [4.69, 9.17) is 0 Å². The molecule has 2 aromatic heterocycles. The molecule has 2 aromatic carbocycles. The van der Waals surface area contributed by atoms with Crippen molar-refractivity contribution in [1.82, 2.24) is 14.2 Å². The van der Waals surface area contributed by atoms with Crippen LogP contribution in [0.3, 0.4) is 0 Å². The molecular formula is C22H20N4O4. The Labute approximate surface area is 171 Å². The quantitative estimate of drug-likeness (QED) is 0.544. The van der Waals surface area contributed by atoms with Crippen LogP contribution in [0.15, 0.2) is 58.1 Å². The van der Waals surface area contributed by atoms with Crippen molar-refractivity contribution in [1.29, 1.82) is 0 Å². The van der Waals surface area contributed by atoms with Gasteiger partial charge in [-0.15, -0.1) is 0 Å². The molecular weight excluding hydrogens is 384 g/mol. The van der Waals surface area contributed by atoms with Crippen molar-refractivity contribution in [3.05, 3.63) is 80.6 Å². The van der Waals surface area contributed by atoms with Gasteiger partial charge in [-0.25, -0.2) is 9.66 Å². The number of fused-ring (bicyclic) bond motifs is 2. The molecule has 2 heterocycles. The number of pyridine rings is 1. The number of aromatic nitrogens is 3. The number of carbonyl (C=O) groups is 1. The molecule has 0 spiro atoms. The number of amides is 1. The Hall–Kier alpha value is -3.94. The molecule has 4 aromatic rings. The number of aromatic hydroxyl groups is 1. The zero-order valence-electron chi connectivity index (χ0n) is 16.5. The van der Waals surface area contributed by atoms with E-state index in [9.17, 15) is 19.5 Å². The van der Waals surface area contributed by atoms with Gasteiger partial charge in [0.05, 0.1) is 16.4 Å². The Morgan fingerprint density at radius 1 is 1.03 bits per heavy atom. The lowest BCUT2D eigenvalue weighted by molar-refractivity contribution is 0.100. The Balaban J connectivity index is 1.88. The summed E-state index contributed by atoms with van der Waals surface area (Å²) in [5.41, 5.74) is 1.97. The van der Waals surface area contributed by atoms with Gasteiger partial charge in [-0.3, -0.25) is 19.8 Å². The van der Waals surface area contributed by atoms with E-state index >= 15 is 0 Å². The molecule has 2 N–H and O–H groups in total. The molecule has 8 heteroatoms. The monoisotopic (exact) mass is 404 g/mol. The first-order valence-electron chi connectivity index (χ1n) is 9.58. The molecule has 0 aliphatic heterocycles. The number of para-hydroxylation sites is 2. The van der Waals surface area contributed by atoms with Gasteiger partial charge in [-0.1, -0.05) is 31.2 Å². The van der Waals surface area contributed by atoms with Gasteiger partial charge in [0.1, 0.15) is 17.1 Å². The summed E-state index contributed by atoms with van der Waals surface area (Å²) in [4.78, 5) is 43.2. The highest BCUT2D eigenvalue weighted by atomic mass is 16.3. The molecule has 0 bridgehead atoms. The fourth-order valence-corrected chi connectivity index (χ4v) is 3.57. The van der Waals surface area contributed by atoms with Crippen molar-refractivity contribution in [2.45, 2.75) is 26.8 Å². The summed E-state index contributed by atoms with van der Waals surface area (Å²) >= 11 is 0. The van der Waals surface area contributed by atoms with E-state index in [1.807, 2.05) is 6.92 Å². The number of rotatable bonds is 4. The smallest absolute Gasteiger partial charge is 0.280 e. The Kier molecular flexibility index (Phi) is 4.83. The predicted octanol–water partition coefficient (Wildman–Crippen LogP) is 2.52. The maximum absolute atomic E-state index is 13.0.